The average molecular weight is 236 g/mol. The van der Waals surface area contributed by atoms with Crippen molar-refractivity contribution in [1.29, 1.82) is 0 Å². The van der Waals surface area contributed by atoms with Gasteiger partial charge in [0.05, 0.1) is 23.1 Å². The number of hydrogen-bond acceptors (Lipinski definition) is 5. The van der Waals surface area contributed by atoms with Gasteiger partial charge in [0, 0.05) is 24.2 Å². The van der Waals surface area contributed by atoms with Gasteiger partial charge in [-0.1, -0.05) is 0 Å². The Morgan fingerprint density at radius 2 is 2.47 bits per heavy atom. The number of nitro groups is 1. The lowest BCUT2D eigenvalue weighted by Crippen LogP contribution is -2.07. The predicted octanol–water partition coefficient (Wildman–Crippen LogP) is 1.66. The third-order valence-electron chi connectivity index (χ3n) is 2.74. The Kier molecular flexibility index (Phi) is 3.03. The lowest BCUT2D eigenvalue weighted by Gasteiger charge is -2.00. The van der Waals surface area contributed by atoms with Gasteiger partial charge in [0.25, 0.3) is 5.69 Å². The van der Waals surface area contributed by atoms with Crippen molar-refractivity contribution in [2.75, 3.05) is 6.61 Å². The molecule has 1 aromatic rings. The predicted molar refractivity (Wildman–Crippen MR) is 58.4 cm³/mol. The number of carbonyl (C=O) groups is 1. The molecule has 1 aromatic heterocycles. The highest BCUT2D eigenvalue weighted by Crippen LogP contribution is 2.47. The van der Waals surface area contributed by atoms with Gasteiger partial charge in [-0.25, -0.2) is 0 Å². The fourth-order valence-corrected chi connectivity index (χ4v) is 1.78. The van der Waals surface area contributed by atoms with Crippen LogP contribution in [0.3, 0.4) is 0 Å². The molecule has 2 rings (SSSR count). The zero-order chi connectivity index (χ0) is 12.4. The molecule has 0 N–H and O–H groups in total. The van der Waals surface area contributed by atoms with Crippen LogP contribution in [0.2, 0.25) is 0 Å². The van der Waals surface area contributed by atoms with Gasteiger partial charge < -0.3 is 4.74 Å². The Morgan fingerprint density at radius 3 is 3.12 bits per heavy atom. The van der Waals surface area contributed by atoms with E-state index in [1.54, 1.807) is 6.92 Å². The molecule has 0 spiro atoms. The van der Waals surface area contributed by atoms with Crippen LogP contribution in [0.1, 0.15) is 25.0 Å². The van der Waals surface area contributed by atoms with E-state index in [0.29, 0.717) is 18.7 Å². The second kappa shape index (κ2) is 4.48. The molecular weight excluding hydrogens is 224 g/mol. The molecule has 1 fully saturated rings. The molecule has 6 heteroatoms. The summed E-state index contributed by atoms with van der Waals surface area (Å²) in [4.78, 5) is 25.6. The van der Waals surface area contributed by atoms with Crippen molar-refractivity contribution in [1.82, 2.24) is 4.98 Å². The van der Waals surface area contributed by atoms with Gasteiger partial charge in [0.15, 0.2) is 0 Å². The summed E-state index contributed by atoms with van der Waals surface area (Å²) in [6.07, 6.45) is 2.06. The smallest absolute Gasteiger partial charge is 0.309 e. The van der Waals surface area contributed by atoms with Crippen LogP contribution in [-0.4, -0.2) is 22.5 Å². The number of ether oxygens (including phenoxy) is 1. The second-order valence-corrected chi connectivity index (χ2v) is 3.90. The van der Waals surface area contributed by atoms with Crippen molar-refractivity contribution in [2.24, 2.45) is 5.92 Å². The summed E-state index contributed by atoms with van der Waals surface area (Å²) in [5.41, 5.74) is 0.599. The third kappa shape index (κ3) is 2.41. The van der Waals surface area contributed by atoms with Crippen LogP contribution in [0.5, 0.6) is 0 Å². The molecule has 0 unspecified atom stereocenters. The van der Waals surface area contributed by atoms with Gasteiger partial charge >= 0.3 is 5.97 Å². The van der Waals surface area contributed by atoms with E-state index < -0.39 is 4.92 Å². The van der Waals surface area contributed by atoms with E-state index >= 15 is 0 Å². The Labute approximate surface area is 97.8 Å². The first-order valence-electron chi connectivity index (χ1n) is 5.40. The van der Waals surface area contributed by atoms with E-state index in [2.05, 4.69) is 4.98 Å². The van der Waals surface area contributed by atoms with Crippen LogP contribution >= 0.6 is 0 Å². The Balaban J connectivity index is 2.08. The maximum atomic E-state index is 11.4. The molecule has 1 aliphatic rings. The quantitative estimate of drug-likeness (QED) is 0.451. The standard InChI is InChI=1S/C11H12N2O4/c1-2-17-11(14)9-6-8(9)10-5-7(13(15)16)3-4-12-10/h3-5,8-9H,2,6H2,1H3/t8-,9+/m0/s1. The Morgan fingerprint density at radius 1 is 1.71 bits per heavy atom. The van der Waals surface area contributed by atoms with Crippen LogP contribution < -0.4 is 0 Å². The van der Waals surface area contributed by atoms with Crippen LogP contribution in [0, 0.1) is 16.0 Å². The van der Waals surface area contributed by atoms with Gasteiger partial charge in [0.2, 0.25) is 0 Å². The number of rotatable bonds is 4. The number of nitrogens with zero attached hydrogens (tertiary/aromatic N) is 2. The fraction of sp³-hybridized carbons (Fsp3) is 0.455. The molecule has 17 heavy (non-hydrogen) atoms. The summed E-state index contributed by atoms with van der Waals surface area (Å²) < 4.78 is 4.89. The number of carbonyl (C=O) groups excluding carboxylic acids is 1. The average Bonchev–Trinajstić information content (AvgIpc) is 3.09. The Hall–Kier alpha value is -1.98. The molecule has 0 aromatic carbocycles. The minimum absolute atomic E-state index is 0.00417. The molecule has 0 aliphatic heterocycles. The third-order valence-corrected chi connectivity index (χ3v) is 2.74. The molecule has 0 saturated heterocycles. The van der Waals surface area contributed by atoms with Crippen molar-refractivity contribution in [2.45, 2.75) is 19.3 Å². The summed E-state index contributed by atoms with van der Waals surface area (Å²) in [6, 6.07) is 2.76. The molecule has 0 amide bonds. The van der Waals surface area contributed by atoms with E-state index in [-0.39, 0.29) is 23.5 Å². The first-order valence-corrected chi connectivity index (χ1v) is 5.40. The molecule has 1 heterocycles. The van der Waals surface area contributed by atoms with Crippen molar-refractivity contribution in [3.05, 3.63) is 34.1 Å². The number of esters is 1. The van der Waals surface area contributed by atoms with E-state index in [1.165, 1.54) is 18.3 Å². The lowest BCUT2D eigenvalue weighted by molar-refractivity contribution is -0.385. The fourth-order valence-electron chi connectivity index (χ4n) is 1.78. The first-order chi connectivity index (χ1) is 8.13. The van der Waals surface area contributed by atoms with E-state index in [9.17, 15) is 14.9 Å². The van der Waals surface area contributed by atoms with Gasteiger partial charge in [-0.3, -0.25) is 19.9 Å². The summed E-state index contributed by atoms with van der Waals surface area (Å²) >= 11 is 0. The minimum atomic E-state index is -0.465. The zero-order valence-corrected chi connectivity index (χ0v) is 9.33. The van der Waals surface area contributed by atoms with Gasteiger partial charge in [-0.15, -0.1) is 0 Å². The maximum absolute atomic E-state index is 11.4. The van der Waals surface area contributed by atoms with Crippen LogP contribution in [0.15, 0.2) is 18.3 Å². The molecule has 1 aliphatic carbocycles. The van der Waals surface area contributed by atoms with Gasteiger partial charge in [0.1, 0.15) is 0 Å². The van der Waals surface area contributed by atoms with E-state index in [0.717, 1.165) is 0 Å². The summed E-state index contributed by atoms with van der Waals surface area (Å²) in [5.74, 6) is -0.468. The number of hydrogen-bond donors (Lipinski definition) is 0. The highest BCUT2D eigenvalue weighted by Gasteiger charge is 2.46. The molecule has 6 nitrogen and oxygen atoms in total. The van der Waals surface area contributed by atoms with E-state index in [4.69, 9.17) is 4.74 Å². The lowest BCUT2D eigenvalue weighted by atomic mass is 10.2. The van der Waals surface area contributed by atoms with Crippen molar-refractivity contribution in [3.63, 3.8) is 0 Å². The SMILES string of the molecule is CCOC(=O)[C@@H]1C[C@@H]1c1cc([N+](=O)[O-])ccn1. The van der Waals surface area contributed by atoms with Crippen molar-refractivity contribution in [3.8, 4) is 0 Å². The van der Waals surface area contributed by atoms with Crippen molar-refractivity contribution < 1.29 is 14.5 Å². The largest absolute Gasteiger partial charge is 0.466 e. The normalized spacial score (nSPS) is 21.9. The molecule has 0 radical (unpaired) electrons. The maximum Gasteiger partial charge on any atom is 0.309 e. The first kappa shape index (κ1) is 11.5. The topological polar surface area (TPSA) is 82.3 Å². The highest BCUT2D eigenvalue weighted by molar-refractivity contribution is 5.77. The number of aromatic nitrogens is 1. The molecule has 0 bridgehead atoms. The van der Waals surface area contributed by atoms with Gasteiger partial charge in [-0.2, -0.15) is 0 Å². The zero-order valence-electron chi connectivity index (χ0n) is 9.33. The molecule has 2 atom stereocenters. The monoisotopic (exact) mass is 236 g/mol. The molecule has 90 valence electrons. The van der Waals surface area contributed by atoms with Crippen LogP contribution in [0.25, 0.3) is 0 Å². The summed E-state index contributed by atoms with van der Waals surface area (Å²) in [7, 11) is 0. The summed E-state index contributed by atoms with van der Waals surface area (Å²) in [5, 5.41) is 10.6. The van der Waals surface area contributed by atoms with E-state index in [1.807, 2.05) is 0 Å². The van der Waals surface area contributed by atoms with Crippen LogP contribution in [-0.2, 0) is 9.53 Å². The molecular formula is C11H12N2O4. The van der Waals surface area contributed by atoms with Crippen molar-refractivity contribution >= 4 is 11.7 Å². The Bertz CT molecular complexity index is 461. The number of pyridine rings is 1. The van der Waals surface area contributed by atoms with Gasteiger partial charge in [-0.05, 0) is 13.3 Å². The minimum Gasteiger partial charge on any atom is -0.466 e. The highest BCUT2D eigenvalue weighted by atomic mass is 16.6. The summed E-state index contributed by atoms with van der Waals surface area (Å²) in [6.45, 7) is 2.10. The molecule has 1 saturated carbocycles. The second-order valence-electron chi connectivity index (χ2n) is 3.90. The van der Waals surface area contributed by atoms with Crippen LogP contribution in [0.4, 0.5) is 5.69 Å².